The highest BCUT2D eigenvalue weighted by atomic mass is 16.5. The molecule has 1 aromatic heterocycles. The van der Waals surface area contributed by atoms with E-state index >= 15 is 0 Å². The summed E-state index contributed by atoms with van der Waals surface area (Å²) in [6.45, 7) is 4.49. The van der Waals surface area contributed by atoms with E-state index in [0.29, 0.717) is 18.2 Å². The van der Waals surface area contributed by atoms with Gasteiger partial charge in [0.15, 0.2) is 11.6 Å². The average molecular weight is 441 g/mol. The quantitative estimate of drug-likeness (QED) is 0.245. The Labute approximate surface area is 191 Å². The van der Waals surface area contributed by atoms with Crippen molar-refractivity contribution in [2.24, 2.45) is 0 Å². The molecule has 0 bridgehead atoms. The van der Waals surface area contributed by atoms with Crippen LogP contribution in [0.1, 0.15) is 63.9 Å². The fourth-order valence-electron chi connectivity index (χ4n) is 3.19. The average Bonchev–Trinajstić information content (AvgIpc) is 2.81. The lowest BCUT2D eigenvalue weighted by molar-refractivity contribution is -0.131. The predicted molar refractivity (Wildman–Crippen MR) is 127 cm³/mol. The molecular formula is C26H36N2O4. The van der Waals surface area contributed by atoms with E-state index < -0.39 is 5.97 Å². The van der Waals surface area contributed by atoms with Gasteiger partial charge >= 0.3 is 5.97 Å². The number of aliphatic carboxylic acids is 1. The number of carboxylic acid groups (broad SMARTS) is 1. The van der Waals surface area contributed by atoms with Crippen molar-refractivity contribution in [2.75, 3.05) is 19.8 Å². The molecule has 0 amide bonds. The molecule has 6 nitrogen and oxygen atoms in total. The number of hydrogen-bond acceptors (Lipinski definition) is 5. The number of rotatable bonds is 17. The summed E-state index contributed by atoms with van der Waals surface area (Å²) in [5, 5.41) is 8.57. The lowest BCUT2D eigenvalue weighted by Gasteiger charge is -2.07. The largest absolute Gasteiger partial charge is 0.490 e. The van der Waals surface area contributed by atoms with E-state index in [1.807, 2.05) is 12.1 Å². The van der Waals surface area contributed by atoms with Crippen LogP contribution in [0.3, 0.4) is 0 Å². The van der Waals surface area contributed by atoms with Gasteiger partial charge in [-0.2, -0.15) is 0 Å². The molecular weight excluding hydrogens is 404 g/mol. The van der Waals surface area contributed by atoms with Gasteiger partial charge in [0.1, 0.15) is 0 Å². The minimum absolute atomic E-state index is 0.641. The van der Waals surface area contributed by atoms with Gasteiger partial charge < -0.3 is 14.6 Å². The molecule has 32 heavy (non-hydrogen) atoms. The van der Waals surface area contributed by atoms with Crippen LogP contribution in [0.5, 0.6) is 5.75 Å². The molecule has 0 saturated heterocycles. The number of unbranched alkanes of at least 4 members (excludes halogenated alkanes) is 5. The Hall–Kier alpha value is -2.73. The molecule has 2 rings (SSSR count). The van der Waals surface area contributed by atoms with Crippen molar-refractivity contribution in [1.82, 2.24) is 9.97 Å². The van der Waals surface area contributed by atoms with Crippen molar-refractivity contribution in [1.29, 1.82) is 0 Å². The Morgan fingerprint density at radius 1 is 0.938 bits per heavy atom. The van der Waals surface area contributed by atoms with Crippen LogP contribution in [-0.2, 0) is 16.0 Å². The van der Waals surface area contributed by atoms with Gasteiger partial charge in [0.05, 0.1) is 19.0 Å². The lowest BCUT2D eigenvalue weighted by atomic mass is 10.0. The van der Waals surface area contributed by atoms with Crippen LogP contribution in [0.15, 0.2) is 48.8 Å². The molecule has 0 aliphatic rings. The van der Waals surface area contributed by atoms with Gasteiger partial charge in [-0.05, 0) is 50.5 Å². The van der Waals surface area contributed by atoms with E-state index in [2.05, 4.69) is 29.0 Å². The molecule has 0 spiro atoms. The molecule has 0 saturated carbocycles. The second kappa shape index (κ2) is 16.0. The minimum Gasteiger partial charge on any atom is -0.490 e. The third-order valence-corrected chi connectivity index (χ3v) is 5.03. The normalized spacial score (nSPS) is 11.2. The Bertz CT molecular complexity index is 788. The minimum atomic E-state index is -0.888. The summed E-state index contributed by atoms with van der Waals surface area (Å²) < 4.78 is 11.3. The Morgan fingerprint density at radius 3 is 2.31 bits per heavy atom. The number of carbonyl (C=O) groups is 1. The topological polar surface area (TPSA) is 81.5 Å². The molecule has 6 heteroatoms. The van der Waals surface area contributed by atoms with Crippen LogP contribution < -0.4 is 4.74 Å². The summed E-state index contributed by atoms with van der Waals surface area (Å²) >= 11 is 0. The lowest BCUT2D eigenvalue weighted by Crippen LogP contribution is -2.02. The van der Waals surface area contributed by atoms with Crippen LogP contribution in [0, 0.1) is 0 Å². The zero-order valence-electron chi connectivity index (χ0n) is 19.2. The maximum Gasteiger partial charge on any atom is 0.327 e. The van der Waals surface area contributed by atoms with Crippen molar-refractivity contribution in [3.63, 3.8) is 0 Å². The first-order chi connectivity index (χ1) is 15.7. The number of hydrogen-bond donors (Lipinski definition) is 1. The molecule has 1 aromatic carbocycles. The summed E-state index contributed by atoms with van der Waals surface area (Å²) in [4.78, 5) is 19.3. The summed E-state index contributed by atoms with van der Waals surface area (Å²) in [5.74, 6) is 0.482. The van der Waals surface area contributed by atoms with E-state index in [1.165, 1.54) is 24.5 Å². The van der Waals surface area contributed by atoms with Crippen LogP contribution in [0.2, 0.25) is 0 Å². The highest BCUT2D eigenvalue weighted by Gasteiger charge is 2.03. The molecule has 0 atom stereocenters. The van der Waals surface area contributed by atoms with E-state index in [4.69, 9.17) is 14.6 Å². The summed E-state index contributed by atoms with van der Waals surface area (Å²) in [5.41, 5.74) is 2.23. The molecule has 1 heterocycles. The smallest absolute Gasteiger partial charge is 0.327 e. The number of aromatic nitrogens is 2. The second-order valence-electron chi connectivity index (χ2n) is 7.80. The molecule has 1 N–H and O–H groups in total. The number of aryl methyl sites for hydroxylation is 1. The van der Waals surface area contributed by atoms with Gasteiger partial charge in [-0.1, -0.05) is 50.1 Å². The third kappa shape index (κ3) is 11.0. The fourth-order valence-corrected chi connectivity index (χ4v) is 3.19. The molecule has 0 aliphatic carbocycles. The fraction of sp³-hybridized carbons (Fsp3) is 0.500. The standard InChI is InChI=1S/C26H36N2O4/c1-2-3-8-17-31-18-9-10-19-32-24-20-27-26(28-21-24)23-15-13-22(14-16-23)11-6-4-5-7-12-25(29)30/h7,12-16,20-21H,2-6,8-11,17-19H2,1H3,(H,29,30)/b12-7+. The molecule has 0 aliphatic heterocycles. The summed E-state index contributed by atoms with van der Waals surface area (Å²) in [7, 11) is 0. The van der Waals surface area contributed by atoms with Gasteiger partial charge in [-0.3, -0.25) is 0 Å². The van der Waals surface area contributed by atoms with Gasteiger partial charge in [0, 0.05) is 24.9 Å². The van der Waals surface area contributed by atoms with Crippen molar-refractivity contribution in [3.8, 4) is 17.1 Å². The van der Waals surface area contributed by atoms with Crippen molar-refractivity contribution in [3.05, 3.63) is 54.4 Å². The second-order valence-corrected chi connectivity index (χ2v) is 7.80. The SMILES string of the molecule is CCCCCOCCCCOc1cnc(-c2ccc(CCCC/C=C/C(=O)O)cc2)nc1. The number of benzene rings is 1. The number of ether oxygens (including phenoxy) is 2. The molecule has 174 valence electrons. The maximum absolute atomic E-state index is 10.4. The number of nitrogens with zero attached hydrogens (tertiary/aromatic N) is 2. The highest BCUT2D eigenvalue weighted by Crippen LogP contribution is 2.18. The van der Waals surface area contributed by atoms with Gasteiger partial charge in [-0.15, -0.1) is 0 Å². The molecule has 0 radical (unpaired) electrons. The van der Waals surface area contributed by atoms with Crippen molar-refractivity contribution < 1.29 is 19.4 Å². The molecule has 0 fully saturated rings. The van der Waals surface area contributed by atoms with Crippen LogP contribution in [0.4, 0.5) is 0 Å². The van der Waals surface area contributed by atoms with Crippen LogP contribution >= 0.6 is 0 Å². The Kier molecular flexibility index (Phi) is 12.7. The van der Waals surface area contributed by atoms with Crippen LogP contribution in [0.25, 0.3) is 11.4 Å². The van der Waals surface area contributed by atoms with Crippen LogP contribution in [-0.4, -0.2) is 40.9 Å². The van der Waals surface area contributed by atoms with Gasteiger partial charge in [0.25, 0.3) is 0 Å². The van der Waals surface area contributed by atoms with Gasteiger partial charge in [0.2, 0.25) is 0 Å². The first-order valence-corrected chi connectivity index (χ1v) is 11.7. The predicted octanol–water partition coefficient (Wildman–Crippen LogP) is 5.86. The van der Waals surface area contributed by atoms with E-state index in [0.717, 1.165) is 63.7 Å². The van der Waals surface area contributed by atoms with E-state index in [-0.39, 0.29) is 0 Å². The Balaban J connectivity index is 1.64. The van der Waals surface area contributed by atoms with Crippen molar-refractivity contribution >= 4 is 5.97 Å². The summed E-state index contributed by atoms with van der Waals surface area (Å²) in [6.07, 6.45) is 15.7. The number of allylic oxidation sites excluding steroid dienone is 1. The first kappa shape index (κ1) is 25.5. The van der Waals surface area contributed by atoms with Crippen molar-refractivity contribution in [2.45, 2.75) is 64.7 Å². The monoisotopic (exact) mass is 440 g/mol. The van der Waals surface area contributed by atoms with E-state index in [1.54, 1.807) is 18.5 Å². The Morgan fingerprint density at radius 2 is 1.62 bits per heavy atom. The zero-order valence-corrected chi connectivity index (χ0v) is 19.2. The molecule has 0 unspecified atom stereocenters. The third-order valence-electron chi connectivity index (χ3n) is 5.03. The summed E-state index contributed by atoms with van der Waals surface area (Å²) in [6, 6.07) is 8.27. The first-order valence-electron chi connectivity index (χ1n) is 11.7. The van der Waals surface area contributed by atoms with Gasteiger partial charge in [-0.25, -0.2) is 14.8 Å². The zero-order chi connectivity index (χ0) is 22.9. The maximum atomic E-state index is 10.4. The van der Waals surface area contributed by atoms with E-state index in [9.17, 15) is 4.79 Å². The molecule has 2 aromatic rings. The highest BCUT2D eigenvalue weighted by molar-refractivity contribution is 5.79. The number of carboxylic acids is 1.